The van der Waals surface area contributed by atoms with Gasteiger partial charge >= 0.3 is 0 Å². The van der Waals surface area contributed by atoms with Crippen LogP contribution in [-0.2, 0) is 28.9 Å². The number of morpholine rings is 1. The highest BCUT2D eigenvalue weighted by Gasteiger charge is 2.30. The molecule has 2 aliphatic heterocycles. The second kappa shape index (κ2) is 8.91. The van der Waals surface area contributed by atoms with Crippen molar-refractivity contribution in [2.45, 2.75) is 32.4 Å². The molecular formula is C25H27N3O2S. The van der Waals surface area contributed by atoms with Gasteiger partial charge in [0.1, 0.15) is 5.01 Å². The van der Waals surface area contributed by atoms with E-state index in [9.17, 15) is 4.79 Å². The number of hydrogen-bond donors (Lipinski definition) is 0. The van der Waals surface area contributed by atoms with Gasteiger partial charge in [-0.05, 0) is 30.5 Å². The van der Waals surface area contributed by atoms with Crippen LogP contribution in [0, 0.1) is 0 Å². The molecule has 2 aromatic carbocycles. The lowest BCUT2D eigenvalue weighted by Crippen LogP contribution is -2.36. The van der Waals surface area contributed by atoms with Crippen LogP contribution in [-0.4, -0.2) is 48.1 Å². The number of carbonyl (C=O) groups excluding carboxylic acids is 1. The minimum absolute atomic E-state index is 0.121. The molecule has 0 bridgehead atoms. The van der Waals surface area contributed by atoms with Crippen molar-refractivity contribution in [2.75, 3.05) is 31.2 Å². The molecule has 6 heteroatoms. The van der Waals surface area contributed by atoms with Gasteiger partial charge in [-0.3, -0.25) is 9.69 Å². The monoisotopic (exact) mass is 433 g/mol. The van der Waals surface area contributed by atoms with Gasteiger partial charge in [0.05, 0.1) is 25.3 Å². The normalized spacial score (nSPS) is 18.9. The van der Waals surface area contributed by atoms with Crippen LogP contribution < -0.4 is 4.90 Å². The Labute approximate surface area is 187 Å². The Balaban J connectivity index is 1.24. The van der Waals surface area contributed by atoms with E-state index in [1.54, 1.807) is 11.3 Å². The number of amides is 1. The largest absolute Gasteiger partial charge is 0.379 e. The number of rotatable bonds is 5. The van der Waals surface area contributed by atoms with Gasteiger partial charge in [0.2, 0.25) is 5.91 Å². The molecule has 3 heterocycles. The molecule has 0 N–H and O–H groups in total. The van der Waals surface area contributed by atoms with Crippen molar-refractivity contribution >= 4 is 22.9 Å². The van der Waals surface area contributed by atoms with Crippen LogP contribution in [0.25, 0.3) is 10.6 Å². The summed E-state index contributed by atoms with van der Waals surface area (Å²) in [6.45, 7) is 6.69. The fraction of sp³-hybridized carbons (Fsp3) is 0.360. The summed E-state index contributed by atoms with van der Waals surface area (Å²) in [6, 6.07) is 17.0. The lowest BCUT2D eigenvalue weighted by atomic mass is 10.1. The second-order valence-electron chi connectivity index (χ2n) is 8.35. The highest BCUT2D eigenvalue weighted by Crippen LogP contribution is 2.32. The number of ether oxygens (including phenoxy) is 1. The molecular weight excluding hydrogens is 406 g/mol. The van der Waals surface area contributed by atoms with Crippen molar-refractivity contribution in [3.8, 4) is 10.6 Å². The zero-order valence-corrected chi connectivity index (χ0v) is 18.6. The standard InChI is InChI=1S/C25H27N3O2S/c1-18-14-21-4-2-3-5-23(21)28(18)24(29)15-22-17-31-25(26-22)20-8-6-19(7-9-20)16-27-10-12-30-13-11-27/h2-9,17-18H,10-16H2,1H3. The van der Waals surface area contributed by atoms with Crippen molar-refractivity contribution < 1.29 is 9.53 Å². The van der Waals surface area contributed by atoms with Crippen LogP contribution >= 0.6 is 11.3 Å². The first-order chi connectivity index (χ1) is 15.2. The SMILES string of the molecule is CC1Cc2ccccc2N1C(=O)Cc1csc(-c2ccc(CN3CCOCC3)cc2)n1. The molecule has 1 amide bonds. The Morgan fingerprint density at radius 3 is 2.71 bits per heavy atom. The molecule has 0 spiro atoms. The zero-order chi connectivity index (χ0) is 21.2. The third-order valence-electron chi connectivity index (χ3n) is 6.07. The number of anilines is 1. The summed E-state index contributed by atoms with van der Waals surface area (Å²) >= 11 is 1.61. The summed E-state index contributed by atoms with van der Waals surface area (Å²) < 4.78 is 5.42. The first-order valence-electron chi connectivity index (χ1n) is 10.9. The summed E-state index contributed by atoms with van der Waals surface area (Å²) in [7, 11) is 0. The molecule has 31 heavy (non-hydrogen) atoms. The Kier molecular flexibility index (Phi) is 5.85. The topological polar surface area (TPSA) is 45.7 Å². The van der Waals surface area contributed by atoms with Crippen molar-refractivity contribution in [3.05, 3.63) is 70.7 Å². The highest BCUT2D eigenvalue weighted by atomic mass is 32.1. The van der Waals surface area contributed by atoms with Gasteiger partial charge in [-0.1, -0.05) is 42.5 Å². The van der Waals surface area contributed by atoms with Crippen molar-refractivity contribution in [1.29, 1.82) is 0 Å². The number of hydrogen-bond acceptors (Lipinski definition) is 5. The number of carbonyl (C=O) groups is 1. The fourth-order valence-electron chi connectivity index (χ4n) is 4.48. The molecule has 1 unspecified atom stereocenters. The Morgan fingerprint density at radius 2 is 1.90 bits per heavy atom. The van der Waals surface area contributed by atoms with E-state index in [1.165, 1.54) is 11.1 Å². The quantitative estimate of drug-likeness (QED) is 0.606. The molecule has 0 saturated carbocycles. The maximum absolute atomic E-state index is 13.0. The van der Waals surface area contributed by atoms with E-state index in [0.717, 1.165) is 61.2 Å². The molecule has 2 aliphatic rings. The maximum atomic E-state index is 13.0. The van der Waals surface area contributed by atoms with E-state index < -0.39 is 0 Å². The molecule has 3 aromatic rings. The maximum Gasteiger partial charge on any atom is 0.233 e. The third kappa shape index (κ3) is 4.42. The number of para-hydroxylation sites is 1. The zero-order valence-electron chi connectivity index (χ0n) is 17.8. The van der Waals surface area contributed by atoms with Crippen LogP contribution in [0.3, 0.4) is 0 Å². The molecule has 5 nitrogen and oxygen atoms in total. The van der Waals surface area contributed by atoms with Gasteiger partial charge < -0.3 is 9.64 Å². The van der Waals surface area contributed by atoms with E-state index in [0.29, 0.717) is 6.42 Å². The van der Waals surface area contributed by atoms with E-state index in [1.807, 2.05) is 28.5 Å². The summed E-state index contributed by atoms with van der Waals surface area (Å²) in [5, 5.41) is 2.98. The van der Waals surface area contributed by atoms with Crippen molar-refractivity contribution in [3.63, 3.8) is 0 Å². The van der Waals surface area contributed by atoms with Gasteiger partial charge in [-0.25, -0.2) is 4.98 Å². The molecule has 160 valence electrons. The second-order valence-corrected chi connectivity index (χ2v) is 9.21. The number of aromatic nitrogens is 1. The summed E-state index contributed by atoms with van der Waals surface area (Å²) in [5.41, 5.74) is 5.55. The molecule has 1 atom stereocenters. The van der Waals surface area contributed by atoms with Crippen LogP contribution in [0.5, 0.6) is 0 Å². The third-order valence-corrected chi connectivity index (χ3v) is 7.01. The predicted molar refractivity (Wildman–Crippen MR) is 124 cm³/mol. The predicted octanol–water partition coefficient (Wildman–Crippen LogP) is 4.16. The lowest BCUT2D eigenvalue weighted by molar-refractivity contribution is -0.118. The van der Waals surface area contributed by atoms with E-state index >= 15 is 0 Å². The summed E-state index contributed by atoms with van der Waals surface area (Å²) in [5.74, 6) is 0.121. The van der Waals surface area contributed by atoms with Crippen molar-refractivity contribution in [1.82, 2.24) is 9.88 Å². The van der Waals surface area contributed by atoms with Crippen LogP contribution in [0.1, 0.15) is 23.7 Å². The molecule has 0 aliphatic carbocycles. The summed E-state index contributed by atoms with van der Waals surface area (Å²) in [4.78, 5) is 22.2. The number of thiazole rings is 1. The van der Waals surface area contributed by atoms with Gasteiger partial charge in [0.15, 0.2) is 0 Å². The smallest absolute Gasteiger partial charge is 0.233 e. The minimum Gasteiger partial charge on any atom is -0.379 e. The van der Waals surface area contributed by atoms with Crippen molar-refractivity contribution in [2.24, 2.45) is 0 Å². The average Bonchev–Trinajstić information content (AvgIpc) is 3.38. The van der Waals surface area contributed by atoms with Gasteiger partial charge in [-0.15, -0.1) is 11.3 Å². The van der Waals surface area contributed by atoms with Gasteiger partial charge in [-0.2, -0.15) is 0 Å². The molecule has 5 rings (SSSR count). The number of fused-ring (bicyclic) bond motifs is 1. The van der Waals surface area contributed by atoms with E-state index in [4.69, 9.17) is 9.72 Å². The molecule has 1 aromatic heterocycles. The number of benzene rings is 2. The minimum atomic E-state index is 0.121. The number of nitrogens with zero attached hydrogens (tertiary/aromatic N) is 3. The molecule has 1 fully saturated rings. The van der Waals surface area contributed by atoms with Gasteiger partial charge in [0, 0.05) is 42.3 Å². The molecule has 1 saturated heterocycles. The summed E-state index contributed by atoms with van der Waals surface area (Å²) in [6.07, 6.45) is 1.26. The van der Waals surface area contributed by atoms with Crippen LogP contribution in [0.15, 0.2) is 53.9 Å². The first-order valence-corrected chi connectivity index (χ1v) is 11.8. The Bertz CT molecular complexity index is 1060. The Hall–Kier alpha value is -2.54. The average molecular weight is 434 g/mol. The fourth-order valence-corrected chi connectivity index (χ4v) is 5.30. The van der Waals surface area contributed by atoms with Gasteiger partial charge in [0.25, 0.3) is 0 Å². The van der Waals surface area contributed by atoms with E-state index in [2.05, 4.69) is 42.2 Å². The Morgan fingerprint density at radius 1 is 1.13 bits per heavy atom. The van der Waals surface area contributed by atoms with Crippen LogP contribution in [0.4, 0.5) is 5.69 Å². The highest BCUT2D eigenvalue weighted by molar-refractivity contribution is 7.13. The molecule has 0 radical (unpaired) electrons. The van der Waals surface area contributed by atoms with Crippen LogP contribution in [0.2, 0.25) is 0 Å². The first kappa shape index (κ1) is 20.4. The van der Waals surface area contributed by atoms with E-state index in [-0.39, 0.29) is 11.9 Å². The lowest BCUT2D eigenvalue weighted by Gasteiger charge is -2.26.